The summed E-state index contributed by atoms with van der Waals surface area (Å²) in [6.07, 6.45) is 5.33. The quantitative estimate of drug-likeness (QED) is 0.774. The highest BCUT2D eigenvalue weighted by atomic mass is 32.1. The van der Waals surface area contributed by atoms with Crippen LogP contribution in [0.3, 0.4) is 0 Å². The molecule has 0 aliphatic heterocycles. The van der Waals surface area contributed by atoms with E-state index < -0.39 is 0 Å². The van der Waals surface area contributed by atoms with E-state index in [1.165, 1.54) is 0 Å². The normalized spacial score (nSPS) is 10.7. The maximum atomic E-state index is 5.46. The smallest absolute Gasteiger partial charge is 0.236 e. The topological polar surface area (TPSA) is 51.0 Å². The fourth-order valence-electron chi connectivity index (χ4n) is 1.74. The monoisotopic (exact) mass is 271 g/mol. The molecular formula is C14H13N3OS. The molecule has 3 aromatic rings. The van der Waals surface area contributed by atoms with Crippen molar-refractivity contribution in [2.75, 3.05) is 0 Å². The van der Waals surface area contributed by atoms with Crippen molar-refractivity contribution in [3.8, 4) is 10.8 Å². The summed E-state index contributed by atoms with van der Waals surface area (Å²) in [7, 11) is 0. The van der Waals surface area contributed by atoms with Crippen LogP contribution in [0.25, 0.3) is 10.8 Å². The van der Waals surface area contributed by atoms with Crippen LogP contribution in [0.15, 0.2) is 52.7 Å². The van der Waals surface area contributed by atoms with Crippen LogP contribution in [-0.2, 0) is 13.1 Å². The van der Waals surface area contributed by atoms with Gasteiger partial charge in [-0.25, -0.2) is 4.98 Å². The molecule has 0 amide bonds. The first kappa shape index (κ1) is 12.1. The zero-order valence-corrected chi connectivity index (χ0v) is 11.1. The zero-order valence-electron chi connectivity index (χ0n) is 10.2. The Kier molecular flexibility index (Phi) is 3.67. The molecule has 3 aromatic heterocycles. The molecule has 3 heterocycles. The second kappa shape index (κ2) is 5.77. The predicted octanol–water partition coefficient (Wildman–Crippen LogP) is 3.09. The molecule has 0 fully saturated rings. The van der Waals surface area contributed by atoms with Crippen molar-refractivity contribution >= 4 is 11.3 Å². The van der Waals surface area contributed by atoms with E-state index >= 15 is 0 Å². The van der Waals surface area contributed by atoms with Gasteiger partial charge in [0.05, 0.1) is 10.6 Å². The predicted molar refractivity (Wildman–Crippen MR) is 74.6 cm³/mol. The van der Waals surface area contributed by atoms with E-state index in [0.29, 0.717) is 12.4 Å². The van der Waals surface area contributed by atoms with Gasteiger partial charge in [0.1, 0.15) is 6.26 Å². The molecule has 0 atom stereocenters. The Labute approximate surface area is 115 Å². The van der Waals surface area contributed by atoms with Crippen molar-refractivity contribution < 1.29 is 4.42 Å². The van der Waals surface area contributed by atoms with Crippen molar-refractivity contribution in [1.29, 1.82) is 0 Å². The first-order valence-electron chi connectivity index (χ1n) is 6.00. The van der Waals surface area contributed by atoms with Crippen LogP contribution < -0.4 is 5.32 Å². The van der Waals surface area contributed by atoms with Gasteiger partial charge in [0, 0.05) is 25.5 Å². The average Bonchev–Trinajstić information content (AvgIpc) is 3.10. The summed E-state index contributed by atoms with van der Waals surface area (Å²) in [5.74, 6) is 0.688. The Hall–Kier alpha value is -1.98. The first-order chi connectivity index (χ1) is 9.42. The van der Waals surface area contributed by atoms with E-state index in [-0.39, 0.29) is 0 Å². The molecule has 0 spiro atoms. The van der Waals surface area contributed by atoms with E-state index in [0.717, 1.165) is 22.7 Å². The van der Waals surface area contributed by atoms with E-state index in [1.807, 2.05) is 35.8 Å². The van der Waals surface area contributed by atoms with Crippen LogP contribution in [0.4, 0.5) is 0 Å². The minimum absolute atomic E-state index is 0.684. The third kappa shape index (κ3) is 3.07. The number of nitrogens with one attached hydrogen (secondary N) is 1. The highest BCUT2D eigenvalue weighted by Crippen LogP contribution is 2.23. The van der Waals surface area contributed by atoms with Gasteiger partial charge in [-0.05, 0) is 23.1 Å². The standard InChI is InChI=1S/C14H13N3OS/c1-3-11(7-15-5-1)8-16-9-12-10-18-14(17-12)13-4-2-6-19-13/h1-7,10,16H,8-9H2. The molecule has 96 valence electrons. The molecule has 1 N–H and O–H groups in total. The summed E-state index contributed by atoms with van der Waals surface area (Å²) in [6.45, 7) is 1.46. The fraction of sp³-hybridized carbons (Fsp3) is 0.143. The minimum atomic E-state index is 0.684. The Morgan fingerprint density at radius 2 is 2.21 bits per heavy atom. The van der Waals surface area contributed by atoms with Gasteiger partial charge in [-0.15, -0.1) is 11.3 Å². The van der Waals surface area contributed by atoms with Crippen LogP contribution in [-0.4, -0.2) is 9.97 Å². The molecule has 0 aromatic carbocycles. The highest BCUT2D eigenvalue weighted by Gasteiger charge is 2.06. The molecule has 0 radical (unpaired) electrons. The lowest BCUT2D eigenvalue weighted by atomic mass is 10.3. The molecule has 0 saturated heterocycles. The molecule has 4 nitrogen and oxygen atoms in total. The van der Waals surface area contributed by atoms with Crippen LogP contribution in [0.1, 0.15) is 11.3 Å². The first-order valence-corrected chi connectivity index (χ1v) is 6.88. The van der Waals surface area contributed by atoms with Gasteiger partial charge in [-0.1, -0.05) is 12.1 Å². The lowest BCUT2D eigenvalue weighted by Crippen LogP contribution is -2.12. The van der Waals surface area contributed by atoms with Crippen molar-refractivity contribution in [2.24, 2.45) is 0 Å². The number of thiophene rings is 1. The molecule has 0 aliphatic rings. The maximum absolute atomic E-state index is 5.46. The Bertz CT molecular complexity index is 619. The van der Waals surface area contributed by atoms with Gasteiger partial charge in [-0.3, -0.25) is 4.98 Å². The summed E-state index contributed by atoms with van der Waals surface area (Å²) in [4.78, 5) is 9.58. The van der Waals surface area contributed by atoms with E-state index in [9.17, 15) is 0 Å². The Morgan fingerprint density at radius 1 is 1.21 bits per heavy atom. The van der Waals surface area contributed by atoms with Gasteiger partial charge >= 0.3 is 0 Å². The van der Waals surface area contributed by atoms with Gasteiger partial charge in [0.25, 0.3) is 0 Å². The Balaban J connectivity index is 1.56. The summed E-state index contributed by atoms with van der Waals surface area (Å²) >= 11 is 1.63. The largest absolute Gasteiger partial charge is 0.444 e. The second-order valence-corrected chi connectivity index (χ2v) is 5.03. The SMILES string of the molecule is c1cncc(CNCc2coc(-c3cccs3)n2)c1. The van der Waals surface area contributed by atoms with Crippen LogP contribution in [0.5, 0.6) is 0 Å². The van der Waals surface area contributed by atoms with E-state index in [1.54, 1.807) is 23.8 Å². The summed E-state index contributed by atoms with van der Waals surface area (Å²) in [6, 6.07) is 7.97. The van der Waals surface area contributed by atoms with Gasteiger partial charge < -0.3 is 9.73 Å². The van der Waals surface area contributed by atoms with Crippen molar-refractivity contribution in [1.82, 2.24) is 15.3 Å². The molecule has 0 unspecified atom stereocenters. The van der Waals surface area contributed by atoms with Gasteiger partial charge in [-0.2, -0.15) is 0 Å². The summed E-state index contributed by atoms with van der Waals surface area (Å²) in [5, 5.41) is 5.33. The number of hydrogen-bond acceptors (Lipinski definition) is 5. The molecule has 0 saturated carbocycles. The average molecular weight is 271 g/mol. The number of nitrogens with zero attached hydrogens (tertiary/aromatic N) is 2. The van der Waals surface area contributed by atoms with Crippen LogP contribution >= 0.6 is 11.3 Å². The lowest BCUT2D eigenvalue weighted by Gasteiger charge is -2.01. The third-order valence-corrected chi connectivity index (χ3v) is 3.50. The van der Waals surface area contributed by atoms with Crippen LogP contribution in [0.2, 0.25) is 0 Å². The number of hydrogen-bond donors (Lipinski definition) is 1. The molecule has 5 heteroatoms. The molecule has 19 heavy (non-hydrogen) atoms. The number of pyridine rings is 1. The number of rotatable bonds is 5. The zero-order chi connectivity index (χ0) is 12.9. The number of aromatic nitrogens is 2. The minimum Gasteiger partial charge on any atom is -0.444 e. The van der Waals surface area contributed by atoms with Gasteiger partial charge in [0.15, 0.2) is 0 Å². The summed E-state index contributed by atoms with van der Waals surface area (Å²) in [5.41, 5.74) is 2.07. The molecule has 3 rings (SSSR count). The molecular weight excluding hydrogens is 258 g/mol. The highest BCUT2D eigenvalue weighted by molar-refractivity contribution is 7.13. The molecule has 0 bridgehead atoms. The van der Waals surface area contributed by atoms with Crippen LogP contribution in [0, 0.1) is 0 Å². The van der Waals surface area contributed by atoms with E-state index in [2.05, 4.69) is 15.3 Å². The Morgan fingerprint density at radius 3 is 3.00 bits per heavy atom. The van der Waals surface area contributed by atoms with E-state index in [4.69, 9.17) is 4.42 Å². The van der Waals surface area contributed by atoms with Crippen molar-refractivity contribution in [3.05, 3.63) is 59.6 Å². The lowest BCUT2D eigenvalue weighted by molar-refractivity contribution is 0.571. The van der Waals surface area contributed by atoms with Crippen molar-refractivity contribution in [3.63, 3.8) is 0 Å². The fourth-order valence-corrected chi connectivity index (χ4v) is 2.39. The third-order valence-electron chi connectivity index (χ3n) is 2.64. The van der Waals surface area contributed by atoms with Gasteiger partial charge in [0.2, 0.25) is 5.89 Å². The summed E-state index contributed by atoms with van der Waals surface area (Å²) < 4.78 is 5.46. The number of oxazole rings is 1. The maximum Gasteiger partial charge on any atom is 0.236 e. The molecule has 0 aliphatic carbocycles. The van der Waals surface area contributed by atoms with Crippen molar-refractivity contribution in [2.45, 2.75) is 13.1 Å². The second-order valence-electron chi connectivity index (χ2n) is 4.09.